The maximum atomic E-state index is 2.37. The van der Waals surface area contributed by atoms with Crippen LogP contribution in [-0.4, -0.2) is 0 Å². The molecular formula is C13H16NS+. The average Bonchev–Trinajstić information content (AvgIpc) is 2.80. The molecule has 2 N–H and O–H groups in total. The van der Waals surface area contributed by atoms with E-state index >= 15 is 0 Å². The molecule has 78 valence electrons. The van der Waals surface area contributed by atoms with Crippen molar-refractivity contribution in [3.8, 4) is 0 Å². The van der Waals surface area contributed by atoms with Crippen LogP contribution in [0.4, 0.5) is 0 Å². The van der Waals surface area contributed by atoms with Crippen molar-refractivity contribution in [3.63, 3.8) is 0 Å². The third-order valence-corrected chi connectivity index (χ3v) is 3.34. The minimum Gasteiger partial charge on any atom is -0.337 e. The van der Waals surface area contributed by atoms with Crippen molar-refractivity contribution in [2.45, 2.75) is 19.5 Å². The first-order chi connectivity index (χ1) is 7.36. The fraction of sp³-hybridized carbons (Fsp3) is 0.231. The Labute approximate surface area is 94.8 Å². The number of hydrogen-bond acceptors (Lipinski definition) is 1. The Hall–Kier alpha value is -1.12. The van der Waals surface area contributed by atoms with Crippen molar-refractivity contribution in [3.05, 3.63) is 58.3 Å². The van der Waals surface area contributed by atoms with E-state index < -0.39 is 0 Å². The zero-order chi connectivity index (χ0) is 10.5. The second-order valence-electron chi connectivity index (χ2n) is 3.77. The normalized spacial score (nSPS) is 12.6. The van der Waals surface area contributed by atoms with E-state index in [1.807, 2.05) is 0 Å². The molecule has 0 radical (unpaired) electrons. The molecule has 0 fully saturated rings. The zero-order valence-corrected chi connectivity index (χ0v) is 9.71. The Morgan fingerprint density at radius 3 is 2.67 bits per heavy atom. The maximum absolute atomic E-state index is 2.37. The third-order valence-electron chi connectivity index (χ3n) is 2.61. The fourth-order valence-corrected chi connectivity index (χ4v) is 2.30. The summed E-state index contributed by atoms with van der Waals surface area (Å²) in [5.41, 5.74) is 2.82. The van der Waals surface area contributed by atoms with Gasteiger partial charge in [0.2, 0.25) is 0 Å². The minimum atomic E-state index is 0.533. The van der Waals surface area contributed by atoms with Crippen LogP contribution in [0, 0.1) is 0 Å². The van der Waals surface area contributed by atoms with E-state index in [0.29, 0.717) is 6.04 Å². The predicted octanol–water partition coefficient (Wildman–Crippen LogP) is 2.57. The van der Waals surface area contributed by atoms with E-state index in [0.717, 1.165) is 6.54 Å². The third kappa shape index (κ3) is 2.91. The van der Waals surface area contributed by atoms with Gasteiger partial charge in [0.1, 0.15) is 12.6 Å². The standard InChI is InChI=1S/C13H15NS/c1-11(13-5-3-2-4-6-13)14-9-12-7-8-15-10-12/h2-8,10-11,14H,9H2,1H3/p+1/t11-/m1/s1. The smallest absolute Gasteiger partial charge is 0.109 e. The minimum absolute atomic E-state index is 0.533. The fourth-order valence-electron chi connectivity index (χ4n) is 1.61. The molecule has 0 aliphatic carbocycles. The molecule has 0 aliphatic heterocycles. The van der Waals surface area contributed by atoms with Crippen LogP contribution in [0.2, 0.25) is 0 Å². The molecular weight excluding hydrogens is 202 g/mol. The average molecular weight is 218 g/mol. The van der Waals surface area contributed by atoms with Crippen molar-refractivity contribution in [1.29, 1.82) is 0 Å². The van der Waals surface area contributed by atoms with Crippen LogP contribution in [0.5, 0.6) is 0 Å². The summed E-state index contributed by atoms with van der Waals surface area (Å²) in [6, 6.07) is 13.4. The second-order valence-corrected chi connectivity index (χ2v) is 4.55. The summed E-state index contributed by atoms with van der Waals surface area (Å²) in [6.07, 6.45) is 0. The molecule has 0 bridgehead atoms. The van der Waals surface area contributed by atoms with Gasteiger partial charge in [0.15, 0.2) is 0 Å². The molecule has 0 aliphatic rings. The van der Waals surface area contributed by atoms with Crippen molar-refractivity contribution < 1.29 is 5.32 Å². The van der Waals surface area contributed by atoms with Gasteiger partial charge in [-0.15, -0.1) is 0 Å². The van der Waals surface area contributed by atoms with E-state index in [1.54, 1.807) is 11.3 Å². The van der Waals surface area contributed by atoms with Crippen LogP contribution in [0.1, 0.15) is 24.1 Å². The molecule has 2 heteroatoms. The highest BCUT2D eigenvalue weighted by atomic mass is 32.1. The molecule has 1 aromatic carbocycles. The van der Waals surface area contributed by atoms with Gasteiger partial charge in [-0.3, -0.25) is 0 Å². The molecule has 1 heterocycles. The van der Waals surface area contributed by atoms with Crippen LogP contribution in [-0.2, 0) is 6.54 Å². The molecule has 0 saturated heterocycles. The lowest BCUT2D eigenvalue weighted by molar-refractivity contribution is -0.707. The van der Waals surface area contributed by atoms with E-state index in [1.165, 1.54) is 11.1 Å². The van der Waals surface area contributed by atoms with E-state index in [-0.39, 0.29) is 0 Å². The molecule has 15 heavy (non-hydrogen) atoms. The first-order valence-corrected chi connectivity index (χ1v) is 6.20. The molecule has 1 aromatic heterocycles. The Balaban J connectivity index is 1.90. The monoisotopic (exact) mass is 218 g/mol. The summed E-state index contributed by atoms with van der Waals surface area (Å²) in [6.45, 7) is 3.32. The van der Waals surface area contributed by atoms with E-state index in [9.17, 15) is 0 Å². The Morgan fingerprint density at radius 2 is 2.00 bits per heavy atom. The van der Waals surface area contributed by atoms with Crippen LogP contribution in [0.15, 0.2) is 47.2 Å². The van der Waals surface area contributed by atoms with Crippen LogP contribution >= 0.6 is 11.3 Å². The first-order valence-electron chi connectivity index (χ1n) is 5.25. The van der Waals surface area contributed by atoms with E-state index in [2.05, 4.69) is 59.4 Å². The van der Waals surface area contributed by atoms with Crippen LogP contribution < -0.4 is 5.32 Å². The van der Waals surface area contributed by atoms with Crippen molar-refractivity contribution in [2.75, 3.05) is 0 Å². The molecule has 1 atom stereocenters. The quantitative estimate of drug-likeness (QED) is 0.812. The molecule has 2 rings (SSSR count). The summed E-state index contributed by atoms with van der Waals surface area (Å²) in [5, 5.41) is 6.72. The van der Waals surface area contributed by atoms with E-state index in [4.69, 9.17) is 0 Å². The highest BCUT2D eigenvalue weighted by Crippen LogP contribution is 2.08. The first kappa shape index (κ1) is 10.4. The second kappa shape index (κ2) is 5.10. The van der Waals surface area contributed by atoms with Gasteiger partial charge < -0.3 is 5.32 Å². The maximum Gasteiger partial charge on any atom is 0.109 e. The molecule has 0 amide bonds. The van der Waals surface area contributed by atoms with Gasteiger partial charge in [-0.2, -0.15) is 11.3 Å². The van der Waals surface area contributed by atoms with Crippen LogP contribution in [0.25, 0.3) is 0 Å². The molecule has 1 nitrogen and oxygen atoms in total. The lowest BCUT2D eigenvalue weighted by Crippen LogP contribution is -2.82. The van der Waals surface area contributed by atoms with Gasteiger partial charge in [0, 0.05) is 11.1 Å². The molecule has 0 unspecified atom stereocenters. The zero-order valence-electron chi connectivity index (χ0n) is 8.89. The lowest BCUT2D eigenvalue weighted by atomic mass is 10.1. The van der Waals surface area contributed by atoms with Crippen molar-refractivity contribution >= 4 is 11.3 Å². The number of nitrogens with two attached hydrogens (primary N) is 1. The van der Waals surface area contributed by atoms with Crippen LogP contribution in [0.3, 0.4) is 0 Å². The summed E-state index contributed by atoms with van der Waals surface area (Å²) < 4.78 is 0. The van der Waals surface area contributed by atoms with Gasteiger partial charge in [-0.25, -0.2) is 0 Å². The van der Waals surface area contributed by atoms with Gasteiger partial charge in [-0.05, 0) is 23.8 Å². The Morgan fingerprint density at radius 1 is 1.20 bits per heavy atom. The predicted molar refractivity (Wildman–Crippen MR) is 64.8 cm³/mol. The SMILES string of the molecule is C[C@@H]([NH2+]Cc1ccsc1)c1ccccc1. The van der Waals surface area contributed by atoms with Crippen molar-refractivity contribution in [2.24, 2.45) is 0 Å². The molecule has 0 saturated carbocycles. The number of thiophene rings is 1. The summed E-state index contributed by atoms with van der Waals surface area (Å²) in [7, 11) is 0. The summed E-state index contributed by atoms with van der Waals surface area (Å²) in [4.78, 5) is 0. The lowest BCUT2D eigenvalue weighted by Gasteiger charge is -2.09. The summed E-state index contributed by atoms with van der Waals surface area (Å²) >= 11 is 1.77. The molecule has 0 spiro atoms. The highest BCUT2D eigenvalue weighted by molar-refractivity contribution is 7.07. The van der Waals surface area contributed by atoms with Gasteiger partial charge in [0.25, 0.3) is 0 Å². The topological polar surface area (TPSA) is 16.6 Å². The summed E-state index contributed by atoms with van der Waals surface area (Å²) in [5.74, 6) is 0. The Kier molecular flexibility index (Phi) is 3.54. The highest BCUT2D eigenvalue weighted by Gasteiger charge is 2.07. The van der Waals surface area contributed by atoms with Crippen molar-refractivity contribution in [1.82, 2.24) is 0 Å². The van der Waals surface area contributed by atoms with Gasteiger partial charge in [0.05, 0.1) is 0 Å². The van der Waals surface area contributed by atoms with Gasteiger partial charge >= 0.3 is 0 Å². The number of rotatable bonds is 4. The Bertz CT molecular complexity index is 380. The number of benzene rings is 1. The number of hydrogen-bond donors (Lipinski definition) is 1. The largest absolute Gasteiger partial charge is 0.337 e. The molecule has 2 aromatic rings. The number of quaternary nitrogens is 1. The van der Waals surface area contributed by atoms with Gasteiger partial charge in [-0.1, -0.05) is 30.3 Å².